The number of hydrogen-bond donors (Lipinski definition) is 2. The first-order chi connectivity index (χ1) is 7.58. The lowest BCUT2D eigenvalue weighted by Crippen LogP contribution is -2.22. The van der Waals surface area contributed by atoms with Crippen molar-refractivity contribution in [1.29, 1.82) is 0 Å². The minimum atomic E-state index is -0.178. The van der Waals surface area contributed by atoms with E-state index in [0.717, 1.165) is 0 Å². The van der Waals surface area contributed by atoms with Gasteiger partial charge in [0.2, 0.25) is 0 Å². The molecule has 1 aromatic heterocycles. The summed E-state index contributed by atoms with van der Waals surface area (Å²) in [6.45, 7) is 1.86. The Labute approximate surface area is 97.5 Å². The summed E-state index contributed by atoms with van der Waals surface area (Å²) in [5.41, 5.74) is 6.02. The van der Waals surface area contributed by atoms with Gasteiger partial charge in [0.1, 0.15) is 5.82 Å². The Kier molecular flexibility index (Phi) is 2.94. The minimum absolute atomic E-state index is 0.0527. The lowest BCUT2D eigenvalue weighted by Gasteiger charge is -2.06. The van der Waals surface area contributed by atoms with Gasteiger partial charge in [-0.05, 0) is 19.1 Å². The Bertz CT molecular complexity index is 577. The summed E-state index contributed by atoms with van der Waals surface area (Å²) in [5.74, 6) is 0.570. The lowest BCUT2D eigenvalue weighted by molar-refractivity contribution is 0.703. The quantitative estimate of drug-likeness (QED) is 0.831. The molecule has 4 nitrogen and oxygen atoms in total. The third-order valence-electron chi connectivity index (χ3n) is 2.25. The van der Waals surface area contributed by atoms with E-state index >= 15 is 0 Å². The molecule has 1 heterocycles. The van der Waals surface area contributed by atoms with Gasteiger partial charge in [0.05, 0.1) is 15.9 Å². The van der Waals surface area contributed by atoms with Gasteiger partial charge in [-0.3, -0.25) is 4.79 Å². The number of rotatable bonds is 2. The molecule has 0 saturated carbocycles. The predicted molar refractivity (Wildman–Crippen MR) is 64.7 cm³/mol. The molecule has 0 aliphatic rings. The minimum Gasteiger partial charge on any atom is -0.328 e. The fourth-order valence-corrected chi connectivity index (χ4v) is 1.79. The molecule has 5 heteroatoms. The van der Waals surface area contributed by atoms with E-state index in [4.69, 9.17) is 17.3 Å². The zero-order valence-corrected chi connectivity index (χ0v) is 9.58. The van der Waals surface area contributed by atoms with Crippen molar-refractivity contribution in [1.82, 2.24) is 9.97 Å². The van der Waals surface area contributed by atoms with E-state index < -0.39 is 0 Å². The van der Waals surface area contributed by atoms with Gasteiger partial charge in [-0.15, -0.1) is 0 Å². The lowest BCUT2D eigenvalue weighted by atomic mass is 10.2. The molecule has 2 aromatic rings. The molecule has 1 aromatic carbocycles. The fraction of sp³-hybridized carbons (Fsp3) is 0.273. The monoisotopic (exact) mass is 237 g/mol. The first kappa shape index (κ1) is 11.1. The molecule has 3 N–H and O–H groups in total. The van der Waals surface area contributed by atoms with E-state index in [-0.39, 0.29) is 11.6 Å². The molecular weight excluding hydrogens is 226 g/mol. The van der Waals surface area contributed by atoms with Crippen molar-refractivity contribution < 1.29 is 0 Å². The second-order valence-corrected chi connectivity index (χ2v) is 4.24. The summed E-state index contributed by atoms with van der Waals surface area (Å²) in [5, 5.41) is 0.982. The molecular formula is C11H12ClN3O. The second kappa shape index (κ2) is 4.23. The molecule has 0 fully saturated rings. The van der Waals surface area contributed by atoms with E-state index in [0.29, 0.717) is 28.2 Å². The highest BCUT2D eigenvalue weighted by Crippen LogP contribution is 2.18. The van der Waals surface area contributed by atoms with Gasteiger partial charge in [-0.25, -0.2) is 4.98 Å². The van der Waals surface area contributed by atoms with Crippen molar-refractivity contribution in [3.8, 4) is 0 Å². The molecule has 1 atom stereocenters. The van der Waals surface area contributed by atoms with Crippen LogP contribution in [0.25, 0.3) is 10.9 Å². The number of nitrogens with zero attached hydrogens (tertiary/aromatic N) is 1. The molecule has 2 rings (SSSR count). The maximum absolute atomic E-state index is 11.7. The summed E-state index contributed by atoms with van der Waals surface area (Å²) >= 11 is 5.99. The molecule has 16 heavy (non-hydrogen) atoms. The van der Waals surface area contributed by atoms with Gasteiger partial charge < -0.3 is 10.7 Å². The van der Waals surface area contributed by atoms with Gasteiger partial charge >= 0.3 is 0 Å². The van der Waals surface area contributed by atoms with Crippen LogP contribution in [0, 0.1) is 0 Å². The van der Waals surface area contributed by atoms with Crippen molar-refractivity contribution in [3.63, 3.8) is 0 Å². The number of para-hydroxylation sites is 1. The first-order valence-electron chi connectivity index (χ1n) is 5.01. The van der Waals surface area contributed by atoms with Crippen molar-refractivity contribution in [2.24, 2.45) is 5.73 Å². The summed E-state index contributed by atoms with van der Waals surface area (Å²) in [6.07, 6.45) is 0.524. The Morgan fingerprint density at radius 2 is 2.31 bits per heavy atom. The molecule has 0 aliphatic carbocycles. The van der Waals surface area contributed by atoms with Crippen LogP contribution in [0.15, 0.2) is 23.0 Å². The van der Waals surface area contributed by atoms with Crippen molar-refractivity contribution in [2.45, 2.75) is 19.4 Å². The van der Waals surface area contributed by atoms with Crippen molar-refractivity contribution >= 4 is 22.5 Å². The average Bonchev–Trinajstić information content (AvgIpc) is 2.19. The number of fused-ring (bicyclic) bond motifs is 1. The van der Waals surface area contributed by atoms with Crippen LogP contribution in [0.4, 0.5) is 0 Å². The van der Waals surface area contributed by atoms with Crippen LogP contribution in [0.1, 0.15) is 12.7 Å². The topological polar surface area (TPSA) is 71.8 Å². The zero-order chi connectivity index (χ0) is 11.7. The number of halogens is 1. The zero-order valence-electron chi connectivity index (χ0n) is 8.83. The third-order valence-corrected chi connectivity index (χ3v) is 2.56. The standard InChI is InChI=1S/C11H12ClN3O/c1-6(13)5-9-14-10-7(11(16)15-9)3-2-4-8(10)12/h2-4,6H,5,13H2,1H3,(H,14,15,16). The summed E-state index contributed by atoms with van der Waals surface area (Å²) in [4.78, 5) is 18.8. The SMILES string of the molecule is CC(N)Cc1nc2c(Cl)cccc2c(=O)[nH]1. The number of aromatic amines is 1. The van der Waals surface area contributed by atoms with Gasteiger partial charge in [-0.2, -0.15) is 0 Å². The van der Waals surface area contributed by atoms with Gasteiger partial charge in [0.15, 0.2) is 0 Å². The molecule has 0 amide bonds. The highest BCUT2D eigenvalue weighted by molar-refractivity contribution is 6.34. The van der Waals surface area contributed by atoms with E-state index in [2.05, 4.69) is 9.97 Å². The van der Waals surface area contributed by atoms with Crippen molar-refractivity contribution in [2.75, 3.05) is 0 Å². The number of aromatic nitrogens is 2. The number of hydrogen-bond acceptors (Lipinski definition) is 3. The molecule has 0 saturated heterocycles. The smallest absolute Gasteiger partial charge is 0.258 e. The Balaban J connectivity index is 2.66. The maximum Gasteiger partial charge on any atom is 0.258 e. The molecule has 0 radical (unpaired) electrons. The predicted octanol–water partition coefficient (Wildman–Crippen LogP) is 1.47. The fourth-order valence-electron chi connectivity index (χ4n) is 1.58. The van der Waals surface area contributed by atoms with Crippen LogP contribution in [0.5, 0.6) is 0 Å². The first-order valence-corrected chi connectivity index (χ1v) is 5.38. The maximum atomic E-state index is 11.7. The van der Waals surface area contributed by atoms with E-state index in [1.807, 2.05) is 6.92 Å². The van der Waals surface area contributed by atoms with Gasteiger partial charge in [0, 0.05) is 12.5 Å². The van der Waals surface area contributed by atoms with Crippen LogP contribution in [-0.2, 0) is 6.42 Å². The number of benzene rings is 1. The Morgan fingerprint density at radius 3 is 3.00 bits per heavy atom. The molecule has 1 unspecified atom stereocenters. The van der Waals surface area contributed by atoms with Crippen molar-refractivity contribution in [3.05, 3.63) is 39.4 Å². The Hall–Kier alpha value is -1.39. The van der Waals surface area contributed by atoms with Crippen LogP contribution in [0.2, 0.25) is 5.02 Å². The van der Waals surface area contributed by atoms with Crippen LogP contribution in [0.3, 0.4) is 0 Å². The van der Waals surface area contributed by atoms with Crippen LogP contribution >= 0.6 is 11.6 Å². The van der Waals surface area contributed by atoms with Crippen LogP contribution < -0.4 is 11.3 Å². The van der Waals surface area contributed by atoms with Gasteiger partial charge in [-0.1, -0.05) is 17.7 Å². The third kappa shape index (κ3) is 2.08. The largest absolute Gasteiger partial charge is 0.328 e. The highest BCUT2D eigenvalue weighted by Gasteiger charge is 2.07. The number of nitrogens with two attached hydrogens (primary N) is 1. The van der Waals surface area contributed by atoms with Gasteiger partial charge in [0.25, 0.3) is 5.56 Å². The normalized spacial score (nSPS) is 12.9. The Morgan fingerprint density at radius 1 is 1.56 bits per heavy atom. The summed E-state index contributed by atoms with van der Waals surface area (Å²) in [7, 11) is 0. The van der Waals surface area contributed by atoms with E-state index in [9.17, 15) is 4.79 Å². The number of H-pyrrole nitrogens is 1. The number of nitrogens with one attached hydrogen (secondary N) is 1. The van der Waals surface area contributed by atoms with Crippen LogP contribution in [-0.4, -0.2) is 16.0 Å². The highest BCUT2D eigenvalue weighted by atomic mass is 35.5. The molecule has 0 bridgehead atoms. The summed E-state index contributed by atoms with van der Waals surface area (Å²) in [6, 6.07) is 5.09. The second-order valence-electron chi connectivity index (χ2n) is 3.83. The molecule has 0 spiro atoms. The molecule has 0 aliphatic heterocycles. The molecule has 84 valence electrons. The summed E-state index contributed by atoms with van der Waals surface area (Å²) < 4.78 is 0. The average molecular weight is 238 g/mol. The van der Waals surface area contributed by atoms with E-state index in [1.54, 1.807) is 18.2 Å². The van der Waals surface area contributed by atoms with E-state index in [1.165, 1.54) is 0 Å².